The number of H-pyrrole nitrogens is 2. The number of morpholine rings is 1. The molecule has 0 unspecified atom stereocenters. The summed E-state index contributed by atoms with van der Waals surface area (Å²) in [5.41, 5.74) is 6.03. The molecule has 2 fully saturated rings. The summed E-state index contributed by atoms with van der Waals surface area (Å²) in [5, 5.41) is 19.5. The van der Waals surface area contributed by atoms with Crippen molar-refractivity contribution >= 4 is 39.4 Å². The number of nitrogens with one attached hydrogen (secondary N) is 3. The van der Waals surface area contributed by atoms with Crippen LogP contribution in [0.3, 0.4) is 0 Å². The molecule has 4 N–H and O–H groups in total. The number of benzene rings is 2. The molecule has 12 nitrogen and oxygen atoms in total. The maximum Gasteiger partial charge on any atom is 0.490 e. The smallest absolute Gasteiger partial charge is 0.475 e. The Labute approximate surface area is 279 Å². The number of hydrogen-bond acceptors (Lipinski definition) is 8. The van der Waals surface area contributed by atoms with Crippen LogP contribution in [0.2, 0.25) is 0 Å². The van der Waals surface area contributed by atoms with Crippen LogP contribution in [0.4, 0.5) is 18.9 Å². The van der Waals surface area contributed by atoms with Gasteiger partial charge in [0.15, 0.2) is 0 Å². The standard InChI is InChI=1S/C32H36N8O2.C2HF3O2/c41-32(36-30-19-23(20-31-27(30)21-34-37-31)25-4-2-5-28-26(25)7-8-33-28)29-6-1-3-24(35-29)22-40-13-11-38(12-14-40)9-10-39-15-17-42-18-16-39;3-2(4,5)1(6)7/h1-8,19-21,33H,9-18,22H2,(H,34,37)(H,36,41);(H,6,7). The zero-order valence-corrected chi connectivity index (χ0v) is 26.7. The summed E-state index contributed by atoms with van der Waals surface area (Å²) < 4.78 is 37.2. The first-order valence-electron chi connectivity index (χ1n) is 16.0. The second kappa shape index (κ2) is 15.2. The molecule has 258 valence electrons. The number of nitrogens with zero attached hydrogens (tertiary/aromatic N) is 5. The lowest BCUT2D eigenvalue weighted by Crippen LogP contribution is -2.49. The van der Waals surface area contributed by atoms with E-state index in [1.165, 1.54) is 0 Å². The zero-order valence-electron chi connectivity index (χ0n) is 26.7. The molecule has 15 heteroatoms. The highest BCUT2D eigenvalue weighted by atomic mass is 19.4. The molecule has 2 saturated heterocycles. The van der Waals surface area contributed by atoms with E-state index in [1.807, 2.05) is 30.5 Å². The number of aliphatic carboxylic acids is 1. The third kappa shape index (κ3) is 8.61. The Morgan fingerprint density at radius 2 is 1.57 bits per heavy atom. The van der Waals surface area contributed by atoms with Crippen molar-refractivity contribution in [2.24, 2.45) is 0 Å². The van der Waals surface area contributed by atoms with E-state index in [1.54, 1.807) is 12.3 Å². The molecule has 3 aromatic heterocycles. The first-order chi connectivity index (χ1) is 23.6. The number of amides is 1. The highest BCUT2D eigenvalue weighted by molar-refractivity contribution is 6.09. The normalized spacial score (nSPS) is 16.4. The minimum absolute atomic E-state index is 0.232. The third-order valence-corrected chi connectivity index (χ3v) is 8.68. The lowest BCUT2D eigenvalue weighted by Gasteiger charge is -2.36. The molecule has 2 aliphatic heterocycles. The van der Waals surface area contributed by atoms with Gasteiger partial charge in [0.2, 0.25) is 0 Å². The predicted molar refractivity (Wildman–Crippen MR) is 178 cm³/mol. The van der Waals surface area contributed by atoms with E-state index in [4.69, 9.17) is 19.6 Å². The van der Waals surface area contributed by atoms with Gasteiger partial charge in [-0.05, 0) is 47.5 Å². The van der Waals surface area contributed by atoms with Crippen LogP contribution in [-0.4, -0.2) is 124 Å². The predicted octanol–water partition coefficient (Wildman–Crippen LogP) is 4.44. The molecule has 49 heavy (non-hydrogen) atoms. The fourth-order valence-corrected chi connectivity index (χ4v) is 6.04. The van der Waals surface area contributed by atoms with Gasteiger partial charge in [-0.3, -0.25) is 24.6 Å². The third-order valence-electron chi connectivity index (χ3n) is 8.68. The van der Waals surface area contributed by atoms with E-state index >= 15 is 0 Å². The number of carbonyl (C=O) groups excluding carboxylic acids is 1. The highest BCUT2D eigenvalue weighted by Gasteiger charge is 2.38. The summed E-state index contributed by atoms with van der Waals surface area (Å²) in [6.45, 7) is 10.8. The molecular weight excluding hydrogens is 641 g/mol. The molecule has 0 radical (unpaired) electrons. The van der Waals surface area contributed by atoms with E-state index in [0.717, 1.165) is 111 Å². The van der Waals surface area contributed by atoms with Crippen molar-refractivity contribution < 1.29 is 32.6 Å². The van der Waals surface area contributed by atoms with Gasteiger partial charge in [0.1, 0.15) is 5.69 Å². The lowest BCUT2D eigenvalue weighted by molar-refractivity contribution is -0.192. The summed E-state index contributed by atoms with van der Waals surface area (Å²) in [5.74, 6) is -2.99. The van der Waals surface area contributed by atoms with Crippen molar-refractivity contribution in [1.82, 2.24) is 34.9 Å². The van der Waals surface area contributed by atoms with Crippen molar-refractivity contribution in [2.45, 2.75) is 12.7 Å². The number of anilines is 1. The van der Waals surface area contributed by atoms with Crippen LogP contribution in [0.1, 0.15) is 16.2 Å². The number of piperazine rings is 1. The van der Waals surface area contributed by atoms with Gasteiger partial charge in [0.05, 0.1) is 36.3 Å². The number of carboxylic acid groups (broad SMARTS) is 1. The van der Waals surface area contributed by atoms with E-state index in [2.05, 4.69) is 59.5 Å². The highest BCUT2D eigenvalue weighted by Crippen LogP contribution is 2.34. The number of carboxylic acids is 1. The summed E-state index contributed by atoms with van der Waals surface area (Å²) in [6, 6.07) is 18.0. The number of aromatic nitrogens is 4. The number of fused-ring (bicyclic) bond motifs is 2. The molecule has 2 aromatic carbocycles. The second-order valence-electron chi connectivity index (χ2n) is 11.9. The number of aromatic amines is 2. The first-order valence-corrected chi connectivity index (χ1v) is 16.0. The van der Waals surface area contributed by atoms with Gasteiger partial charge in [-0.1, -0.05) is 18.2 Å². The SMILES string of the molecule is O=C(Nc1cc(-c2cccc3[nH]ccc23)cc2[nH]ncc12)c1cccc(CN2CCN(CCN3CCOCC3)CC2)n1.O=C(O)C(F)(F)F. The Bertz CT molecular complexity index is 1900. The Balaban J connectivity index is 0.000000540. The van der Waals surface area contributed by atoms with Gasteiger partial charge in [-0.15, -0.1) is 0 Å². The van der Waals surface area contributed by atoms with Crippen LogP contribution >= 0.6 is 0 Å². The van der Waals surface area contributed by atoms with E-state index < -0.39 is 12.1 Å². The molecule has 5 heterocycles. The monoisotopic (exact) mass is 678 g/mol. The van der Waals surface area contributed by atoms with Crippen LogP contribution in [0.15, 0.2) is 67.0 Å². The molecule has 0 atom stereocenters. The molecule has 0 saturated carbocycles. The van der Waals surface area contributed by atoms with Crippen molar-refractivity contribution in [3.63, 3.8) is 0 Å². The minimum Gasteiger partial charge on any atom is -0.475 e. The summed E-state index contributed by atoms with van der Waals surface area (Å²) in [4.78, 5) is 37.8. The molecule has 5 aromatic rings. The van der Waals surface area contributed by atoms with Gasteiger partial charge in [0.25, 0.3) is 5.91 Å². The number of carbonyl (C=O) groups is 2. The lowest BCUT2D eigenvalue weighted by atomic mass is 9.99. The van der Waals surface area contributed by atoms with E-state index in [0.29, 0.717) is 11.4 Å². The number of alkyl halides is 3. The fourth-order valence-electron chi connectivity index (χ4n) is 6.04. The molecular formula is C34H37F3N8O4. The van der Waals surface area contributed by atoms with Gasteiger partial charge < -0.3 is 20.1 Å². The van der Waals surface area contributed by atoms with E-state index in [9.17, 15) is 18.0 Å². The van der Waals surface area contributed by atoms with Crippen LogP contribution in [0.25, 0.3) is 32.9 Å². The minimum atomic E-state index is -5.08. The number of ether oxygens (including phenoxy) is 1. The Hall–Kier alpha value is -4.83. The molecule has 0 spiro atoms. The van der Waals surface area contributed by atoms with Gasteiger partial charge in [-0.2, -0.15) is 18.3 Å². The number of pyridine rings is 1. The molecule has 0 bridgehead atoms. The van der Waals surface area contributed by atoms with E-state index in [-0.39, 0.29) is 5.91 Å². The van der Waals surface area contributed by atoms with Gasteiger partial charge in [0, 0.05) is 81.4 Å². The van der Waals surface area contributed by atoms with Crippen LogP contribution in [0.5, 0.6) is 0 Å². The second-order valence-corrected chi connectivity index (χ2v) is 11.9. The summed E-state index contributed by atoms with van der Waals surface area (Å²) in [7, 11) is 0. The molecule has 1 amide bonds. The maximum atomic E-state index is 13.4. The fraction of sp³-hybridized carbons (Fsp3) is 0.353. The van der Waals surface area contributed by atoms with Crippen molar-refractivity contribution in [2.75, 3.05) is 70.9 Å². The molecule has 7 rings (SSSR count). The topological polar surface area (TPSA) is 143 Å². The molecule has 0 aliphatic carbocycles. The van der Waals surface area contributed by atoms with Crippen LogP contribution in [0, 0.1) is 0 Å². The van der Waals surface area contributed by atoms with Crippen LogP contribution in [-0.2, 0) is 16.1 Å². The summed E-state index contributed by atoms with van der Waals surface area (Å²) in [6.07, 6.45) is -1.40. The number of halogens is 3. The first kappa shape index (κ1) is 34.0. The van der Waals surface area contributed by atoms with Crippen LogP contribution < -0.4 is 5.32 Å². The maximum absolute atomic E-state index is 13.4. The van der Waals surface area contributed by atoms with Crippen molar-refractivity contribution in [1.29, 1.82) is 0 Å². The average Bonchev–Trinajstić information content (AvgIpc) is 3.79. The number of rotatable bonds is 8. The zero-order chi connectivity index (χ0) is 34.4. The van der Waals surface area contributed by atoms with Crippen molar-refractivity contribution in [3.05, 3.63) is 78.4 Å². The Morgan fingerprint density at radius 1 is 0.878 bits per heavy atom. The molecule has 2 aliphatic rings. The largest absolute Gasteiger partial charge is 0.490 e. The van der Waals surface area contributed by atoms with Crippen molar-refractivity contribution in [3.8, 4) is 11.1 Å². The summed E-state index contributed by atoms with van der Waals surface area (Å²) >= 11 is 0. The van der Waals surface area contributed by atoms with Gasteiger partial charge >= 0.3 is 12.1 Å². The Kier molecular flexibility index (Phi) is 10.5. The Morgan fingerprint density at radius 3 is 2.31 bits per heavy atom. The average molecular weight is 679 g/mol. The number of hydrogen-bond donors (Lipinski definition) is 4. The van der Waals surface area contributed by atoms with Gasteiger partial charge in [-0.25, -0.2) is 9.78 Å². The quantitative estimate of drug-likeness (QED) is 0.187.